The third kappa shape index (κ3) is 6.36. The van der Waals surface area contributed by atoms with Crippen LogP contribution < -0.4 is 20.3 Å². The minimum Gasteiger partial charge on any atom is -0.493 e. The van der Waals surface area contributed by atoms with Crippen molar-refractivity contribution in [1.82, 2.24) is 10.6 Å². The largest absolute Gasteiger partial charge is 0.493 e. The monoisotopic (exact) mass is 440 g/mol. The average Bonchev–Trinajstić information content (AvgIpc) is 3.65. The lowest BCUT2D eigenvalue weighted by Gasteiger charge is -2.29. The first-order chi connectivity index (χ1) is 15.7. The van der Waals surface area contributed by atoms with Gasteiger partial charge in [0.15, 0.2) is 5.96 Å². The van der Waals surface area contributed by atoms with Crippen LogP contribution in [-0.4, -0.2) is 45.4 Å². The average molecular weight is 441 g/mol. The van der Waals surface area contributed by atoms with Crippen LogP contribution in [0, 0.1) is 11.7 Å². The predicted octanol–water partition coefficient (Wildman–Crippen LogP) is 3.71. The molecule has 2 N–H and O–H groups in total. The zero-order valence-electron chi connectivity index (χ0n) is 18.8. The molecular formula is C25H33FN4O2. The van der Waals surface area contributed by atoms with Crippen molar-refractivity contribution in [2.45, 2.75) is 32.9 Å². The highest BCUT2D eigenvalue weighted by molar-refractivity contribution is 5.79. The lowest BCUT2D eigenvalue weighted by atomic mass is 10.1. The van der Waals surface area contributed by atoms with Gasteiger partial charge >= 0.3 is 0 Å². The predicted molar refractivity (Wildman–Crippen MR) is 126 cm³/mol. The van der Waals surface area contributed by atoms with E-state index in [1.165, 1.54) is 12.8 Å². The van der Waals surface area contributed by atoms with E-state index in [2.05, 4.69) is 21.7 Å². The van der Waals surface area contributed by atoms with Crippen LogP contribution in [0.15, 0.2) is 47.5 Å². The van der Waals surface area contributed by atoms with Crippen molar-refractivity contribution in [3.8, 4) is 5.75 Å². The number of halogens is 1. The van der Waals surface area contributed by atoms with Crippen LogP contribution in [0.5, 0.6) is 5.75 Å². The maximum Gasteiger partial charge on any atom is 0.191 e. The van der Waals surface area contributed by atoms with Gasteiger partial charge in [0, 0.05) is 31.7 Å². The molecule has 0 spiro atoms. The Bertz CT molecular complexity index is 911. The Balaban J connectivity index is 1.36. The molecule has 2 aromatic carbocycles. The standard InChI is InChI=1S/C25H33FN4O2/c1-2-27-25(29-17-21-5-3-4-6-24(21)32-18-19-7-8-19)28-16-20-9-10-23(22(26)15-20)30-11-13-31-14-12-30/h3-6,9-10,15,19H,2,7-8,11-14,16-18H2,1H3,(H2,27,28,29). The first-order valence-corrected chi connectivity index (χ1v) is 11.6. The van der Waals surface area contributed by atoms with E-state index in [0.29, 0.717) is 43.9 Å². The summed E-state index contributed by atoms with van der Waals surface area (Å²) in [4.78, 5) is 6.68. The van der Waals surface area contributed by atoms with E-state index in [9.17, 15) is 4.39 Å². The maximum absolute atomic E-state index is 14.7. The first kappa shape index (κ1) is 22.4. The molecule has 1 saturated heterocycles. The Morgan fingerprint density at radius 2 is 1.97 bits per heavy atom. The number of hydrogen-bond acceptors (Lipinski definition) is 4. The van der Waals surface area contributed by atoms with Crippen LogP contribution in [0.4, 0.5) is 10.1 Å². The number of nitrogens with zero attached hydrogens (tertiary/aromatic N) is 2. The van der Waals surface area contributed by atoms with Gasteiger partial charge < -0.3 is 25.0 Å². The zero-order chi connectivity index (χ0) is 22.2. The number of hydrogen-bond donors (Lipinski definition) is 2. The van der Waals surface area contributed by atoms with E-state index >= 15 is 0 Å². The number of nitrogens with one attached hydrogen (secondary N) is 2. The molecule has 6 nitrogen and oxygen atoms in total. The summed E-state index contributed by atoms with van der Waals surface area (Å²) in [6.07, 6.45) is 2.54. The molecule has 172 valence electrons. The molecular weight excluding hydrogens is 407 g/mol. The fraction of sp³-hybridized carbons (Fsp3) is 0.480. The summed E-state index contributed by atoms with van der Waals surface area (Å²) in [7, 11) is 0. The van der Waals surface area contributed by atoms with E-state index in [-0.39, 0.29) is 5.82 Å². The molecule has 2 aromatic rings. The van der Waals surface area contributed by atoms with Crippen molar-refractivity contribution in [1.29, 1.82) is 0 Å². The van der Waals surface area contributed by atoms with Crippen LogP contribution in [0.3, 0.4) is 0 Å². The molecule has 1 aliphatic carbocycles. The lowest BCUT2D eigenvalue weighted by Crippen LogP contribution is -2.37. The quantitative estimate of drug-likeness (QED) is 0.460. The molecule has 0 radical (unpaired) electrons. The molecule has 0 aromatic heterocycles. The Kier molecular flexibility index (Phi) is 7.82. The van der Waals surface area contributed by atoms with E-state index in [4.69, 9.17) is 9.47 Å². The van der Waals surface area contributed by atoms with Crippen molar-refractivity contribution >= 4 is 11.6 Å². The Hall–Kier alpha value is -2.80. The molecule has 0 unspecified atom stereocenters. The smallest absolute Gasteiger partial charge is 0.191 e. The van der Waals surface area contributed by atoms with Gasteiger partial charge in [-0.05, 0) is 49.4 Å². The van der Waals surface area contributed by atoms with Gasteiger partial charge in [-0.2, -0.15) is 0 Å². The number of ether oxygens (including phenoxy) is 2. The van der Waals surface area contributed by atoms with Gasteiger partial charge in [0.25, 0.3) is 0 Å². The second-order valence-corrected chi connectivity index (χ2v) is 8.30. The maximum atomic E-state index is 14.7. The van der Waals surface area contributed by atoms with Crippen LogP contribution in [0.1, 0.15) is 30.9 Å². The topological polar surface area (TPSA) is 58.1 Å². The van der Waals surface area contributed by atoms with E-state index < -0.39 is 0 Å². The van der Waals surface area contributed by atoms with Gasteiger partial charge in [-0.3, -0.25) is 0 Å². The summed E-state index contributed by atoms with van der Waals surface area (Å²) >= 11 is 0. The number of aliphatic imine (C=N–C) groups is 1. The fourth-order valence-corrected chi connectivity index (χ4v) is 3.68. The Morgan fingerprint density at radius 1 is 1.16 bits per heavy atom. The summed E-state index contributed by atoms with van der Waals surface area (Å²) < 4.78 is 26.0. The third-order valence-corrected chi connectivity index (χ3v) is 5.72. The summed E-state index contributed by atoms with van der Waals surface area (Å²) in [6.45, 7) is 7.28. The molecule has 0 atom stereocenters. The van der Waals surface area contributed by atoms with Crippen LogP contribution in [0.2, 0.25) is 0 Å². The van der Waals surface area contributed by atoms with Crippen molar-refractivity contribution in [3.63, 3.8) is 0 Å². The van der Waals surface area contributed by atoms with Gasteiger partial charge in [-0.1, -0.05) is 24.3 Å². The van der Waals surface area contributed by atoms with Crippen molar-refractivity contribution in [2.75, 3.05) is 44.4 Å². The normalized spacial score (nSPS) is 16.7. The molecule has 7 heteroatoms. The molecule has 1 saturated carbocycles. The van der Waals surface area contributed by atoms with Gasteiger partial charge in [-0.15, -0.1) is 0 Å². The molecule has 0 bridgehead atoms. The first-order valence-electron chi connectivity index (χ1n) is 11.6. The van der Waals surface area contributed by atoms with Crippen molar-refractivity contribution in [3.05, 3.63) is 59.4 Å². The van der Waals surface area contributed by atoms with Gasteiger partial charge in [0.05, 0.1) is 32.1 Å². The minimum atomic E-state index is -0.209. The summed E-state index contributed by atoms with van der Waals surface area (Å²) in [6, 6.07) is 13.5. The number of anilines is 1. The van der Waals surface area contributed by atoms with Gasteiger partial charge in [0.1, 0.15) is 11.6 Å². The van der Waals surface area contributed by atoms with E-state index in [1.54, 1.807) is 6.07 Å². The number of rotatable bonds is 9. The SMILES string of the molecule is CCNC(=NCc1ccc(N2CCOCC2)c(F)c1)NCc1ccccc1OCC1CC1. The molecule has 2 aliphatic rings. The van der Waals surface area contributed by atoms with Gasteiger partial charge in [0.2, 0.25) is 0 Å². The molecule has 32 heavy (non-hydrogen) atoms. The number of para-hydroxylation sites is 1. The number of morpholine rings is 1. The highest BCUT2D eigenvalue weighted by Gasteiger charge is 2.22. The van der Waals surface area contributed by atoms with E-state index in [1.807, 2.05) is 42.2 Å². The summed E-state index contributed by atoms with van der Waals surface area (Å²) in [5, 5.41) is 6.63. The van der Waals surface area contributed by atoms with Crippen molar-refractivity contribution < 1.29 is 13.9 Å². The molecule has 4 rings (SSSR count). The molecule has 1 aliphatic heterocycles. The zero-order valence-corrected chi connectivity index (χ0v) is 18.8. The number of benzene rings is 2. The van der Waals surface area contributed by atoms with Crippen LogP contribution >= 0.6 is 0 Å². The van der Waals surface area contributed by atoms with Gasteiger partial charge in [-0.25, -0.2) is 9.38 Å². The highest BCUT2D eigenvalue weighted by Crippen LogP contribution is 2.30. The summed E-state index contributed by atoms with van der Waals surface area (Å²) in [5.74, 6) is 2.12. The number of guanidine groups is 1. The lowest BCUT2D eigenvalue weighted by molar-refractivity contribution is 0.122. The Morgan fingerprint density at radius 3 is 2.72 bits per heavy atom. The summed E-state index contributed by atoms with van der Waals surface area (Å²) in [5.41, 5.74) is 2.57. The second-order valence-electron chi connectivity index (χ2n) is 8.30. The molecule has 0 amide bonds. The molecule has 2 fully saturated rings. The van der Waals surface area contributed by atoms with Crippen molar-refractivity contribution in [2.24, 2.45) is 10.9 Å². The minimum absolute atomic E-state index is 0.209. The second kappa shape index (κ2) is 11.2. The van der Waals surface area contributed by atoms with Crippen LogP contribution in [0.25, 0.3) is 0 Å². The highest BCUT2D eigenvalue weighted by atomic mass is 19.1. The van der Waals surface area contributed by atoms with E-state index in [0.717, 1.165) is 43.1 Å². The Labute approximate surface area is 189 Å². The van der Waals surface area contributed by atoms with Crippen LogP contribution in [-0.2, 0) is 17.8 Å². The third-order valence-electron chi connectivity index (χ3n) is 5.72. The fourth-order valence-electron chi connectivity index (χ4n) is 3.68. The molecule has 1 heterocycles.